The highest BCUT2D eigenvalue weighted by Crippen LogP contribution is 2.24. The zero-order chi connectivity index (χ0) is 22.6. The van der Waals surface area contributed by atoms with E-state index >= 15 is 0 Å². The molecule has 33 heavy (non-hydrogen) atoms. The molecule has 6 nitrogen and oxygen atoms in total. The fraction of sp³-hybridized carbons (Fsp3) is 0.269. The molecule has 2 aromatic carbocycles. The zero-order valence-corrected chi connectivity index (χ0v) is 18.3. The molecule has 1 amide bonds. The van der Waals surface area contributed by atoms with E-state index in [-0.39, 0.29) is 11.7 Å². The van der Waals surface area contributed by atoms with Crippen LogP contribution < -0.4 is 0 Å². The predicted molar refractivity (Wildman–Crippen MR) is 124 cm³/mol. The molecule has 4 aromatic rings. The van der Waals surface area contributed by atoms with Crippen molar-refractivity contribution >= 4 is 16.8 Å². The minimum absolute atomic E-state index is 0.0899. The van der Waals surface area contributed by atoms with Gasteiger partial charge in [-0.1, -0.05) is 36.4 Å². The molecule has 168 valence electrons. The second-order valence-corrected chi connectivity index (χ2v) is 8.25. The number of nitrogens with zero attached hydrogens (tertiary/aromatic N) is 4. The van der Waals surface area contributed by atoms with Crippen molar-refractivity contribution in [2.24, 2.45) is 0 Å². The molecule has 0 atom stereocenters. The van der Waals surface area contributed by atoms with Crippen molar-refractivity contribution in [3.63, 3.8) is 0 Å². The molecule has 7 heteroatoms. The molecule has 0 aliphatic carbocycles. The number of para-hydroxylation sites is 1. The van der Waals surface area contributed by atoms with Crippen LogP contribution in [0.25, 0.3) is 22.2 Å². The maximum absolute atomic E-state index is 13.9. The van der Waals surface area contributed by atoms with Crippen LogP contribution in [0.4, 0.5) is 4.39 Å². The van der Waals surface area contributed by atoms with Crippen molar-refractivity contribution in [3.8, 4) is 11.3 Å². The number of aryl methyl sites for hydroxylation is 1. The summed E-state index contributed by atoms with van der Waals surface area (Å²) in [6.07, 6.45) is 4.06. The SMILES string of the molecule is O=C(CCc1ncc(-c2ccccc2F)o1)N1CCN(Cc2cccc3cccnc23)CC1. The number of pyridine rings is 1. The van der Waals surface area contributed by atoms with Crippen molar-refractivity contribution in [3.05, 3.63) is 84.3 Å². The quantitative estimate of drug-likeness (QED) is 0.444. The van der Waals surface area contributed by atoms with Gasteiger partial charge >= 0.3 is 0 Å². The normalized spacial score (nSPS) is 14.6. The molecule has 0 spiro atoms. The van der Waals surface area contributed by atoms with Gasteiger partial charge in [-0.2, -0.15) is 0 Å². The lowest BCUT2D eigenvalue weighted by atomic mass is 10.1. The van der Waals surface area contributed by atoms with Crippen LogP contribution in [0.2, 0.25) is 0 Å². The predicted octanol–water partition coefficient (Wildman–Crippen LogP) is 4.31. The molecule has 0 unspecified atom stereocenters. The highest BCUT2D eigenvalue weighted by molar-refractivity contribution is 5.81. The Balaban J connectivity index is 1.13. The van der Waals surface area contributed by atoms with Gasteiger partial charge in [0.05, 0.1) is 17.3 Å². The second kappa shape index (κ2) is 9.50. The highest BCUT2D eigenvalue weighted by Gasteiger charge is 2.22. The van der Waals surface area contributed by atoms with Gasteiger partial charge in [-0.15, -0.1) is 0 Å². The van der Waals surface area contributed by atoms with Gasteiger partial charge < -0.3 is 9.32 Å². The average molecular weight is 445 g/mol. The number of halogens is 1. The Labute approximate surface area is 191 Å². The van der Waals surface area contributed by atoms with Crippen molar-refractivity contribution < 1.29 is 13.6 Å². The maximum Gasteiger partial charge on any atom is 0.223 e. The second-order valence-electron chi connectivity index (χ2n) is 8.25. The Hall–Kier alpha value is -3.58. The van der Waals surface area contributed by atoms with Crippen LogP contribution in [0.1, 0.15) is 17.9 Å². The van der Waals surface area contributed by atoms with Crippen LogP contribution in [0, 0.1) is 5.82 Å². The molecule has 3 heterocycles. The van der Waals surface area contributed by atoms with E-state index in [2.05, 4.69) is 39.1 Å². The zero-order valence-electron chi connectivity index (χ0n) is 18.3. The summed E-state index contributed by atoms with van der Waals surface area (Å²) in [5, 5.41) is 1.15. The molecule has 2 aromatic heterocycles. The van der Waals surface area contributed by atoms with E-state index in [1.165, 1.54) is 17.8 Å². The fourth-order valence-electron chi connectivity index (χ4n) is 4.27. The van der Waals surface area contributed by atoms with Crippen LogP contribution in [0.15, 0.2) is 71.4 Å². The minimum atomic E-state index is -0.353. The smallest absolute Gasteiger partial charge is 0.223 e. The first kappa shape index (κ1) is 21.3. The van der Waals surface area contributed by atoms with Gasteiger partial charge in [-0.25, -0.2) is 9.37 Å². The monoisotopic (exact) mass is 444 g/mol. The van der Waals surface area contributed by atoms with E-state index in [1.807, 2.05) is 17.2 Å². The number of fused-ring (bicyclic) bond motifs is 1. The number of amides is 1. The molecule has 1 aliphatic heterocycles. The largest absolute Gasteiger partial charge is 0.441 e. The standard InChI is InChI=1S/C26H25FN4O2/c27-22-9-2-1-8-21(22)23-17-29-24(33-23)10-11-25(32)31-15-13-30(14-16-31)18-20-6-3-5-19-7-4-12-28-26(19)20/h1-9,12,17H,10-11,13-16,18H2. The first-order valence-electron chi connectivity index (χ1n) is 11.2. The number of carbonyl (C=O) groups excluding carboxylic acids is 1. The summed E-state index contributed by atoms with van der Waals surface area (Å²) in [6.45, 7) is 3.87. The van der Waals surface area contributed by atoms with Crippen molar-refractivity contribution in [2.75, 3.05) is 26.2 Å². The summed E-state index contributed by atoms with van der Waals surface area (Å²) >= 11 is 0. The number of aromatic nitrogens is 2. The minimum Gasteiger partial charge on any atom is -0.441 e. The Morgan fingerprint density at radius 3 is 2.64 bits per heavy atom. The summed E-state index contributed by atoms with van der Waals surface area (Å²) in [5.74, 6) is 0.566. The molecule has 0 radical (unpaired) electrons. The van der Waals surface area contributed by atoms with Crippen molar-refractivity contribution in [2.45, 2.75) is 19.4 Å². The third kappa shape index (κ3) is 4.78. The Kier molecular flexibility index (Phi) is 6.13. The van der Waals surface area contributed by atoms with Crippen LogP contribution in [0.3, 0.4) is 0 Å². The molecule has 1 fully saturated rings. The number of carbonyl (C=O) groups is 1. The van der Waals surface area contributed by atoms with E-state index in [1.54, 1.807) is 18.2 Å². The van der Waals surface area contributed by atoms with E-state index in [9.17, 15) is 9.18 Å². The number of piperazine rings is 1. The molecular weight excluding hydrogens is 419 g/mol. The van der Waals surface area contributed by atoms with Crippen molar-refractivity contribution in [1.82, 2.24) is 19.8 Å². The number of oxazole rings is 1. The topological polar surface area (TPSA) is 62.5 Å². The van der Waals surface area contributed by atoms with E-state index < -0.39 is 0 Å². The molecule has 1 saturated heterocycles. The first-order valence-corrected chi connectivity index (χ1v) is 11.2. The van der Waals surface area contributed by atoms with Gasteiger partial charge in [0.15, 0.2) is 11.7 Å². The van der Waals surface area contributed by atoms with Crippen LogP contribution >= 0.6 is 0 Å². The number of hydrogen-bond donors (Lipinski definition) is 0. The molecule has 0 bridgehead atoms. The van der Waals surface area contributed by atoms with Gasteiger partial charge in [0, 0.05) is 57.1 Å². The summed E-state index contributed by atoms with van der Waals surface area (Å²) in [6, 6.07) is 16.7. The third-order valence-corrected chi connectivity index (χ3v) is 6.08. The lowest BCUT2D eigenvalue weighted by Crippen LogP contribution is -2.48. The van der Waals surface area contributed by atoms with Crippen molar-refractivity contribution in [1.29, 1.82) is 0 Å². The fourth-order valence-corrected chi connectivity index (χ4v) is 4.27. The number of rotatable bonds is 6. The first-order chi connectivity index (χ1) is 16.2. The third-order valence-electron chi connectivity index (χ3n) is 6.08. The molecular formula is C26H25FN4O2. The average Bonchev–Trinajstić information content (AvgIpc) is 3.32. The van der Waals surface area contributed by atoms with Gasteiger partial charge in [0.1, 0.15) is 5.82 Å². The Morgan fingerprint density at radius 2 is 1.79 bits per heavy atom. The molecule has 0 saturated carbocycles. The number of benzene rings is 2. The Bertz CT molecular complexity index is 1260. The summed E-state index contributed by atoms with van der Waals surface area (Å²) < 4.78 is 19.6. The van der Waals surface area contributed by atoms with Crippen LogP contribution in [-0.4, -0.2) is 51.9 Å². The summed E-state index contributed by atoms with van der Waals surface area (Å²) in [5.41, 5.74) is 2.63. The van der Waals surface area contributed by atoms with Crippen LogP contribution in [0.5, 0.6) is 0 Å². The lowest BCUT2D eigenvalue weighted by molar-refractivity contribution is -0.133. The maximum atomic E-state index is 13.9. The van der Waals surface area contributed by atoms with E-state index in [0.29, 0.717) is 43.1 Å². The van der Waals surface area contributed by atoms with Gasteiger partial charge in [0.2, 0.25) is 5.91 Å². The molecule has 1 aliphatic rings. The van der Waals surface area contributed by atoms with E-state index in [0.717, 1.165) is 30.5 Å². The number of hydrogen-bond acceptors (Lipinski definition) is 5. The molecule has 5 rings (SSSR count). The van der Waals surface area contributed by atoms with Gasteiger partial charge in [-0.3, -0.25) is 14.7 Å². The van der Waals surface area contributed by atoms with Crippen LogP contribution in [-0.2, 0) is 17.8 Å². The van der Waals surface area contributed by atoms with E-state index in [4.69, 9.17) is 4.42 Å². The summed E-state index contributed by atoms with van der Waals surface area (Å²) in [7, 11) is 0. The lowest BCUT2D eigenvalue weighted by Gasteiger charge is -2.34. The summed E-state index contributed by atoms with van der Waals surface area (Å²) in [4.78, 5) is 25.7. The Morgan fingerprint density at radius 1 is 0.970 bits per heavy atom. The van der Waals surface area contributed by atoms with Gasteiger partial charge in [-0.05, 0) is 23.8 Å². The highest BCUT2D eigenvalue weighted by atomic mass is 19.1. The molecule has 0 N–H and O–H groups in total. The van der Waals surface area contributed by atoms with Gasteiger partial charge in [0.25, 0.3) is 0 Å².